The summed E-state index contributed by atoms with van der Waals surface area (Å²) in [7, 11) is 0. The number of hydrogen-bond acceptors (Lipinski definition) is 4. The molecule has 0 bridgehead atoms. The van der Waals surface area contributed by atoms with E-state index in [9.17, 15) is 10.1 Å². The lowest BCUT2D eigenvalue weighted by molar-refractivity contribution is -0.117. The molecule has 34 heavy (non-hydrogen) atoms. The van der Waals surface area contributed by atoms with E-state index in [0.29, 0.717) is 33.7 Å². The Morgan fingerprint density at radius 3 is 2.44 bits per heavy atom. The van der Waals surface area contributed by atoms with Crippen LogP contribution in [0.5, 0.6) is 11.5 Å². The third kappa shape index (κ3) is 6.77. The van der Waals surface area contributed by atoms with E-state index < -0.39 is 5.91 Å². The summed E-state index contributed by atoms with van der Waals surface area (Å²) in [4.78, 5) is 12.7. The van der Waals surface area contributed by atoms with E-state index in [4.69, 9.17) is 32.7 Å². The van der Waals surface area contributed by atoms with Crippen LogP contribution >= 0.6 is 23.2 Å². The van der Waals surface area contributed by atoms with E-state index in [2.05, 4.69) is 5.32 Å². The molecule has 3 rings (SSSR count). The molecule has 1 N–H and O–H groups in total. The molecular weight excluding hydrogens is 471 g/mol. The first-order valence-electron chi connectivity index (χ1n) is 10.7. The molecule has 3 aromatic carbocycles. The zero-order valence-electron chi connectivity index (χ0n) is 18.8. The number of rotatable bonds is 9. The molecule has 0 saturated heterocycles. The lowest BCUT2D eigenvalue weighted by Gasteiger charge is -2.15. The smallest absolute Gasteiger partial charge is 0.262 e. The highest BCUT2D eigenvalue weighted by molar-refractivity contribution is 6.32. The van der Waals surface area contributed by atoms with E-state index >= 15 is 0 Å². The molecule has 7 heteroatoms. The highest BCUT2D eigenvalue weighted by Crippen LogP contribution is 2.38. The second-order valence-corrected chi connectivity index (χ2v) is 8.30. The lowest BCUT2D eigenvalue weighted by Crippen LogP contribution is -2.27. The van der Waals surface area contributed by atoms with Gasteiger partial charge < -0.3 is 14.8 Å². The summed E-state index contributed by atoms with van der Waals surface area (Å²) in [6.45, 7) is 4.37. The fourth-order valence-corrected chi connectivity index (χ4v) is 3.62. The predicted octanol–water partition coefficient (Wildman–Crippen LogP) is 6.76. The molecule has 0 fully saturated rings. The fraction of sp³-hybridized carbons (Fsp3) is 0.185. The van der Waals surface area contributed by atoms with Crippen LogP contribution in [0.2, 0.25) is 10.0 Å². The van der Waals surface area contributed by atoms with E-state index in [0.717, 1.165) is 11.1 Å². The van der Waals surface area contributed by atoms with Gasteiger partial charge >= 0.3 is 0 Å². The SMILES string of the molecule is CCOc1cc(/C=C(\C#N)C(=O)N[C@H](C)c2ccccc2)cc(Cl)c1OCc1ccc(Cl)cc1. The molecule has 0 aliphatic rings. The van der Waals surface area contributed by atoms with Crippen molar-refractivity contribution < 1.29 is 14.3 Å². The summed E-state index contributed by atoms with van der Waals surface area (Å²) >= 11 is 12.4. The average Bonchev–Trinajstić information content (AvgIpc) is 2.83. The molecule has 1 amide bonds. The number of nitrogens with one attached hydrogen (secondary N) is 1. The quantitative estimate of drug-likeness (QED) is 0.263. The minimum Gasteiger partial charge on any atom is -0.490 e. The van der Waals surface area contributed by atoms with Crippen LogP contribution in [0, 0.1) is 11.3 Å². The number of nitriles is 1. The largest absolute Gasteiger partial charge is 0.490 e. The molecule has 1 atom stereocenters. The van der Waals surface area contributed by atoms with Gasteiger partial charge in [0.2, 0.25) is 0 Å². The Bertz CT molecular complexity index is 1200. The first kappa shape index (κ1) is 25.2. The van der Waals surface area contributed by atoms with Gasteiger partial charge in [-0.15, -0.1) is 0 Å². The van der Waals surface area contributed by atoms with Crippen LogP contribution < -0.4 is 14.8 Å². The van der Waals surface area contributed by atoms with Crippen molar-refractivity contribution in [2.24, 2.45) is 0 Å². The normalized spacial score (nSPS) is 11.9. The molecule has 5 nitrogen and oxygen atoms in total. The standard InChI is InChI=1S/C27H24Cl2N2O3/c1-3-33-25-15-20(14-24(29)26(25)34-17-19-9-11-23(28)12-10-19)13-22(16-30)27(32)31-18(2)21-7-5-4-6-8-21/h4-15,18H,3,17H2,1-2H3,(H,31,32)/b22-13+/t18-/m1/s1. The summed E-state index contributed by atoms with van der Waals surface area (Å²) in [6.07, 6.45) is 1.48. The summed E-state index contributed by atoms with van der Waals surface area (Å²) in [5, 5.41) is 13.4. The van der Waals surface area contributed by atoms with Crippen LogP contribution in [0.4, 0.5) is 0 Å². The number of halogens is 2. The third-order valence-electron chi connectivity index (χ3n) is 4.95. The number of benzene rings is 3. The molecule has 174 valence electrons. The van der Waals surface area contributed by atoms with Gasteiger partial charge in [-0.25, -0.2) is 0 Å². The molecular formula is C27H24Cl2N2O3. The van der Waals surface area contributed by atoms with Crippen molar-refractivity contribution in [1.29, 1.82) is 5.26 Å². The Morgan fingerprint density at radius 1 is 1.09 bits per heavy atom. The maximum absolute atomic E-state index is 12.7. The average molecular weight is 495 g/mol. The van der Waals surface area contributed by atoms with Crippen molar-refractivity contribution in [2.45, 2.75) is 26.5 Å². The van der Waals surface area contributed by atoms with Gasteiger partial charge in [0.15, 0.2) is 11.5 Å². The fourth-order valence-electron chi connectivity index (χ4n) is 3.23. The highest BCUT2D eigenvalue weighted by Gasteiger charge is 2.16. The molecule has 0 unspecified atom stereocenters. The molecule has 0 radical (unpaired) electrons. The van der Waals surface area contributed by atoms with Gasteiger partial charge in [0, 0.05) is 5.02 Å². The molecule has 0 aliphatic carbocycles. The second-order valence-electron chi connectivity index (χ2n) is 7.45. The maximum Gasteiger partial charge on any atom is 0.262 e. The number of nitrogens with zero attached hydrogens (tertiary/aromatic N) is 1. The lowest BCUT2D eigenvalue weighted by atomic mass is 10.1. The number of carbonyl (C=O) groups is 1. The summed E-state index contributed by atoms with van der Waals surface area (Å²) < 4.78 is 11.6. The number of hydrogen-bond donors (Lipinski definition) is 1. The number of carbonyl (C=O) groups excluding carboxylic acids is 1. The van der Waals surface area contributed by atoms with Crippen molar-refractivity contribution in [3.8, 4) is 17.6 Å². The topological polar surface area (TPSA) is 71.3 Å². The van der Waals surface area contributed by atoms with E-state index in [1.807, 2.05) is 62.4 Å². The molecule has 0 heterocycles. The van der Waals surface area contributed by atoms with Crippen molar-refractivity contribution in [3.05, 3.63) is 99.0 Å². The Morgan fingerprint density at radius 2 is 1.79 bits per heavy atom. The van der Waals surface area contributed by atoms with Crippen molar-refractivity contribution >= 4 is 35.2 Å². The zero-order chi connectivity index (χ0) is 24.5. The minimum absolute atomic E-state index is 0.0453. The van der Waals surface area contributed by atoms with Gasteiger partial charge in [-0.05, 0) is 60.9 Å². The van der Waals surface area contributed by atoms with Crippen LogP contribution in [0.15, 0.2) is 72.3 Å². The number of ether oxygens (including phenoxy) is 2. The Labute approximate surface area is 209 Å². The van der Waals surface area contributed by atoms with Gasteiger partial charge in [0.05, 0.1) is 17.7 Å². The first-order chi connectivity index (χ1) is 16.4. The van der Waals surface area contributed by atoms with Gasteiger partial charge in [-0.3, -0.25) is 4.79 Å². The minimum atomic E-state index is -0.476. The molecule has 0 aromatic heterocycles. The van der Waals surface area contributed by atoms with Gasteiger partial charge in [-0.1, -0.05) is 65.7 Å². The molecule has 3 aromatic rings. The highest BCUT2D eigenvalue weighted by atomic mass is 35.5. The van der Waals surface area contributed by atoms with Crippen LogP contribution in [0.25, 0.3) is 6.08 Å². The summed E-state index contributed by atoms with van der Waals surface area (Å²) in [5.41, 5.74) is 2.36. The van der Waals surface area contributed by atoms with Gasteiger partial charge in [-0.2, -0.15) is 5.26 Å². The number of amides is 1. The molecule has 0 spiro atoms. The second kappa shape index (κ2) is 12.1. The Balaban J connectivity index is 1.81. The van der Waals surface area contributed by atoms with E-state index in [1.165, 1.54) is 6.08 Å². The third-order valence-corrected chi connectivity index (χ3v) is 5.48. The predicted molar refractivity (Wildman–Crippen MR) is 135 cm³/mol. The van der Waals surface area contributed by atoms with Crippen molar-refractivity contribution in [2.75, 3.05) is 6.61 Å². The molecule has 0 saturated carbocycles. The Kier molecular flexibility index (Phi) is 8.98. The Hall–Kier alpha value is -3.46. The zero-order valence-corrected chi connectivity index (χ0v) is 20.4. The maximum atomic E-state index is 12.7. The van der Waals surface area contributed by atoms with Gasteiger partial charge in [0.1, 0.15) is 18.2 Å². The first-order valence-corrected chi connectivity index (χ1v) is 11.5. The van der Waals surface area contributed by atoms with Gasteiger partial charge in [0.25, 0.3) is 5.91 Å². The van der Waals surface area contributed by atoms with Crippen LogP contribution in [-0.2, 0) is 11.4 Å². The van der Waals surface area contributed by atoms with Crippen molar-refractivity contribution in [1.82, 2.24) is 5.32 Å². The van der Waals surface area contributed by atoms with E-state index in [1.54, 1.807) is 24.3 Å². The van der Waals surface area contributed by atoms with Crippen molar-refractivity contribution in [3.63, 3.8) is 0 Å². The summed E-state index contributed by atoms with van der Waals surface area (Å²) in [5.74, 6) is 0.331. The monoisotopic (exact) mass is 494 g/mol. The van der Waals surface area contributed by atoms with Crippen LogP contribution in [0.3, 0.4) is 0 Å². The summed E-state index contributed by atoms with van der Waals surface area (Å²) in [6, 6.07) is 21.9. The van der Waals surface area contributed by atoms with E-state index in [-0.39, 0.29) is 18.2 Å². The molecule has 0 aliphatic heterocycles. The van der Waals surface area contributed by atoms with Crippen LogP contribution in [0.1, 0.15) is 36.6 Å². The van der Waals surface area contributed by atoms with Crippen LogP contribution in [-0.4, -0.2) is 12.5 Å².